The van der Waals surface area contributed by atoms with Crippen LogP contribution in [0.1, 0.15) is 5.56 Å². The zero-order valence-electron chi connectivity index (χ0n) is 13.7. The topological polar surface area (TPSA) is 38.8 Å². The van der Waals surface area contributed by atoms with E-state index in [4.69, 9.17) is 9.47 Å². The van der Waals surface area contributed by atoms with Gasteiger partial charge in [0.15, 0.2) is 11.6 Å². The van der Waals surface area contributed by atoms with E-state index in [-0.39, 0.29) is 24.4 Å². The molecule has 2 aromatic carbocycles. The normalized spacial score (nSPS) is 17.4. The van der Waals surface area contributed by atoms with Crippen LogP contribution in [0.15, 0.2) is 48.5 Å². The summed E-state index contributed by atoms with van der Waals surface area (Å²) in [5.74, 6) is -1.42. The van der Waals surface area contributed by atoms with Crippen molar-refractivity contribution in [3.8, 4) is 5.75 Å². The minimum Gasteiger partial charge on any atom is -0.488 e. The van der Waals surface area contributed by atoms with Crippen molar-refractivity contribution in [2.45, 2.75) is 12.5 Å². The third-order valence-corrected chi connectivity index (χ3v) is 4.01. The van der Waals surface area contributed by atoms with E-state index < -0.39 is 11.6 Å². The number of rotatable bonds is 5. The van der Waals surface area contributed by atoms with Crippen molar-refractivity contribution in [3.05, 3.63) is 65.7 Å². The lowest BCUT2D eigenvalue weighted by atomic mass is 10.1. The van der Waals surface area contributed by atoms with Crippen LogP contribution in [0.3, 0.4) is 0 Å². The summed E-state index contributed by atoms with van der Waals surface area (Å²) >= 11 is 0. The van der Waals surface area contributed by atoms with Crippen LogP contribution in [0, 0.1) is 11.6 Å². The van der Waals surface area contributed by atoms with Gasteiger partial charge >= 0.3 is 0 Å². The Morgan fingerprint density at radius 2 is 2.00 bits per heavy atom. The van der Waals surface area contributed by atoms with Crippen LogP contribution in [0.2, 0.25) is 0 Å². The van der Waals surface area contributed by atoms with Gasteiger partial charge in [-0.3, -0.25) is 4.79 Å². The summed E-state index contributed by atoms with van der Waals surface area (Å²) in [7, 11) is 0. The van der Waals surface area contributed by atoms with E-state index in [1.807, 2.05) is 30.3 Å². The fraction of sp³-hybridized carbons (Fsp3) is 0.316. The fourth-order valence-electron chi connectivity index (χ4n) is 2.70. The van der Waals surface area contributed by atoms with Crippen molar-refractivity contribution in [3.63, 3.8) is 0 Å². The maximum atomic E-state index is 13.6. The third kappa shape index (κ3) is 4.76. The van der Waals surface area contributed by atoms with Gasteiger partial charge in [0.25, 0.3) is 0 Å². The molecule has 1 aliphatic rings. The Labute approximate surface area is 145 Å². The number of hydrogen-bond donors (Lipinski definition) is 0. The zero-order chi connectivity index (χ0) is 17.6. The lowest BCUT2D eigenvalue weighted by molar-refractivity contribution is -0.139. The molecule has 1 fully saturated rings. The van der Waals surface area contributed by atoms with E-state index in [0.29, 0.717) is 26.1 Å². The maximum Gasteiger partial charge on any atom is 0.227 e. The highest BCUT2D eigenvalue weighted by Crippen LogP contribution is 2.18. The number of benzene rings is 2. The van der Waals surface area contributed by atoms with E-state index in [1.165, 1.54) is 6.07 Å². The molecular weight excluding hydrogens is 328 g/mol. The molecule has 1 unspecified atom stereocenters. The van der Waals surface area contributed by atoms with Crippen LogP contribution in [0.4, 0.5) is 8.78 Å². The summed E-state index contributed by atoms with van der Waals surface area (Å²) in [6.45, 7) is 1.40. The van der Waals surface area contributed by atoms with E-state index in [9.17, 15) is 13.6 Å². The molecule has 0 spiro atoms. The van der Waals surface area contributed by atoms with Crippen LogP contribution in [0.5, 0.6) is 5.75 Å². The molecule has 1 aliphatic heterocycles. The first-order valence-corrected chi connectivity index (χ1v) is 8.13. The molecule has 1 heterocycles. The molecule has 25 heavy (non-hydrogen) atoms. The summed E-state index contributed by atoms with van der Waals surface area (Å²) in [5.41, 5.74) is 0.958. The predicted molar refractivity (Wildman–Crippen MR) is 88.3 cm³/mol. The molecule has 0 aromatic heterocycles. The van der Waals surface area contributed by atoms with Crippen molar-refractivity contribution in [1.29, 1.82) is 0 Å². The Hall–Kier alpha value is -2.47. The number of carbonyl (C=O) groups is 1. The minimum atomic E-state index is -0.757. The quantitative estimate of drug-likeness (QED) is 0.835. The Morgan fingerprint density at radius 3 is 2.76 bits per heavy atom. The lowest BCUT2D eigenvalue weighted by Gasteiger charge is -2.33. The molecule has 132 valence electrons. The second-order valence-electron chi connectivity index (χ2n) is 5.88. The van der Waals surface area contributed by atoms with Gasteiger partial charge in [0.05, 0.1) is 19.6 Å². The monoisotopic (exact) mass is 347 g/mol. The first-order chi connectivity index (χ1) is 12.1. The van der Waals surface area contributed by atoms with Crippen molar-refractivity contribution < 1.29 is 23.0 Å². The second kappa shape index (κ2) is 8.07. The first kappa shape index (κ1) is 17.4. The van der Waals surface area contributed by atoms with Gasteiger partial charge < -0.3 is 14.4 Å². The third-order valence-electron chi connectivity index (χ3n) is 4.01. The Kier molecular flexibility index (Phi) is 5.60. The molecule has 0 aliphatic carbocycles. The Bertz CT molecular complexity index is 724. The molecule has 6 heteroatoms. The van der Waals surface area contributed by atoms with Gasteiger partial charge in [0, 0.05) is 12.6 Å². The van der Waals surface area contributed by atoms with Crippen molar-refractivity contribution >= 4 is 5.91 Å². The van der Waals surface area contributed by atoms with Gasteiger partial charge in [-0.15, -0.1) is 0 Å². The van der Waals surface area contributed by atoms with Crippen molar-refractivity contribution in [1.82, 2.24) is 4.90 Å². The van der Waals surface area contributed by atoms with E-state index in [1.54, 1.807) is 4.90 Å². The number of nitrogens with zero attached hydrogens (tertiary/aromatic N) is 1. The zero-order valence-corrected chi connectivity index (χ0v) is 13.7. The van der Waals surface area contributed by atoms with Gasteiger partial charge in [0.2, 0.25) is 5.91 Å². The molecule has 0 N–H and O–H groups in total. The Balaban J connectivity index is 1.53. The summed E-state index contributed by atoms with van der Waals surface area (Å²) in [4.78, 5) is 14.1. The van der Waals surface area contributed by atoms with E-state index >= 15 is 0 Å². The average molecular weight is 347 g/mol. The van der Waals surface area contributed by atoms with Gasteiger partial charge in [-0.05, 0) is 17.7 Å². The van der Waals surface area contributed by atoms with Crippen molar-refractivity contribution in [2.24, 2.45) is 0 Å². The van der Waals surface area contributed by atoms with Gasteiger partial charge in [0.1, 0.15) is 18.5 Å². The summed E-state index contributed by atoms with van der Waals surface area (Å²) in [6.07, 6.45) is -0.0148. The van der Waals surface area contributed by atoms with Crippen molar-refractivity contribution in [2.75, 3.05) is 26.3 Å². The number of ether oxygens (including phenoxy) is 2. The van der Waals surface area contributed by atoms with Crippen LogP contribution < -0.4 is 4.74 Å². The number of morpholine rings is 1. The van der Waals surface area contributed by atoms with Gasteiger partial charge in [-0.25, -0.2) is 8.78 Å². The highest BCUT2D eigenvalue weighted by molar-refractivity contribution is 5.78. The summed E-state index contributed by atoms with van der Waals surface area (Å²) in [5, 5.41) is 0. The highest BCUT2D eigenvalue weighted by atomic mass is 19.1. The minimum absolute atomic E-state index is 0.0208. The van der Waals surface area contributed by atoms with Crippen LogP contribution in [-0.2, 0) is 16.0 Å². The lowest BCUT2D eigenvalue weighted by Crippen LogP contribution is -2.48. The van der Waals surface area contributed by atoms with Gasteiger partial charge in [-0.2, -0.15) is 0 Å². The second-order valence-corrected chi connectivity index (χ2v) is 5.88. The molecule has 1 amide bonds. The number of carbonyl (C=O) groups excluding carboxylic acids is 1. The Morgan fingerprint density at radius 1 is 1.20 bits per heavy atom. The molecule has 1 atom stereocenters. The molecule has 3 rings (SSSR count). The SMILES string of the molecule is O=C(Cc1ccccc1)N1CCOC(COc2ccc(F)cc2F)C1. The largest absolute Gasteiger partial charge is 0.488 e. The first-order valence-electron chi connectivity index (χ1n) is 8.13. The van der Waals surface area contributed by atoms with Crippen LogP contribution in [-0.4, -0.2) is 43.2 Å². The fourth-order valence-corrected chi connectivity index (χ4v) is 2.70. The summed E-state index contributed by atoms with van der Waals surface area (Å²) in [6, 6.07) is 12.7. The summed E-state index contributed by atoms with van der Waals surface area (Å²) < 4.78 is 37.4. The number of amides is 1. The average Bonchev–Trinajstić information content (AvgIpc) is 2.62. The molecule has 0 radical (unpaired) electrons. The van der Waals surface area contributed by atoms with Crippen LogP contribution >= 0.6 is 0 Å². The number of hydrogen-bond acceptors (Lipinski definition) is 3. The number of halogens is 2. The van der Waals surface area contributed by atoms with Gasteiger partial charge in [-0.1, -0.05) is 30.3 Å². The molecule has 0 bridgehead atoms. The molecular formula is C19H19F2NO3. The van der Waals surface area contributed by atoms with E-state index in [0.717, 1.165) is 17.7 Å². The highest BCUT2D eigenvalue weighted by Gasteiger charge is 2.25. The maximum absolute atomic E-state index is 13.6. The predicted octanol–water partition coefficient (Wildman–Crippen LogP) is 2.81. The van der Waals surface area contributed by atoms with E-state index in [2.05, 4.69) is 0 Å². The molecule has 2 aromatic rings. The molecule has 0 saturated carbocycles. The molecule has 1 saturated heterocycles. The standard InChI is InChI=1S/C19H19F2NO3/c20-15-6-7-18(17(21)11-15)25-13-16-12-22(8-9-24-16)19(23)10-14-4-2-1-3-5-14/h1-7,11,16H,8-10,12-13H2. The molecule has 4 nitrogen and oxygen atoms in total. The van der Waals surface area contributed by atoms with Crippen LogP contribution in [0.25, 0.3) is 0 Å². The smallest absolute Gasteiger partial charge is 0.227 e.